The summed E-state index contributed by atoms with van der Waals surface area (Å²) in [5.74, 6) is 0.652. The minimum atomic E-state index is -4.42. The van der Waals surface area contributed by atoms with Crippen LogP contribution in [0.15, 0.2) is 70.7 Å². The van der Waals surface area contributed by atoms with Gasteiger partial charge < -0.3 is 14.9 Å². The fraction of sp³-hybridized carbons (Fsp3) is 0.304. The first-order valence-electron chi connectivity index (χ1n) is 10.0. The predicted octanol–water partition coefficient (Wildman–Crippen LogP) is 6.11. The molecule has 162 valence electrons. The van der Waals surface area contributed by atoms with Crippen molar-refractivity contribution >= 4 is 11.4 Å². The zero-order chi connectivity index (χ0) is 21.9. The maximum Gasteiger partial charge on any atom is 0.416 e. The second-order valence-corrected chi connectivity index (χ2v) is 7.82. The molecule has 1 aromatic heterocycles. The SMILES string of the molecule is O/N=C(\CNc1ccc(-c2cnco2)cc1)CC1(c2ccccc2C(F)(F)F)CCC1. The number of halogens is 3. The van der Waals surface area contributed by atoms with Crippen molar-refractivity contribution in [2.24, 2.45) is 5.16 Å². The van der Waals surface area contributed by atoms with Crippen LogP contribution in [0, 0.1) is 0 Å². The molecule has 1 heterocycles. The highest BCUT2D eigenvalue weighted by Gasteiger charge is 2.45. The third-order valence-electron chi connectivity index (χ3n) is 5.90. The van der Waals surface area contributed by atoms with Crippen LogP contribution in [0.4, 0.5) is 18.9 Å². The zero-order valence-electron chi connectivity index (χ0n) is 16.7. The first-order valence-corrected chi connectivity index (χ1v) is 10.0. The summed E-state index contributed by atoms with van der Waals surface area (Å²) in [6.45, 7) is 0.230. The molecular weight excluding hydrogens is 407 g/mol. The van der Waals surface area contributed by atoms with E-state index < -0.39 is 17.2 Å². The molecule has 1 saturated carbocycles. The molecule has 0 amide bonds. The van der Waals surface area contributed by atoms with Crippen LogP contribution in [-0.2, 0) is 11.6 Å². The van der Waals surface area contributed by atoms with Crippen molar-refractivity contribution in [3.05, 3.63) is 72.2 Å². The molecule has 1 aliphatic carbocycles. The Morgan fingerprint density at radius 2 is 1.87 bits per heavy atom. The first-order chi connectivity index (χ1) is 14.9. The number of hydrogen-bond acceptors (Lipinski definition) is 5. The molecule has 1 fully saturated rings. The van der Waals surface area contributed by atoms with Crippen LogP contribution in [0.3, 0.4) is 0 Å². The van der Waals surface area contributed by atoms with Gasteiger partial charge in [-0.15, -0.1) is 0 Å². The summed E-state index contributed by atoms with van der Waals surface area (Å²) in [6.07, 6.45) is 0.935. The van der Waals surface area contributed by atoms with Crippen molar-refractivity contribution in [1.29, 1.82) is 0 Å². The van der Waals surface area contributed by atoms with E-state index in [-0.39, 0.29) is 18.5 Å². The fourth-order valence-electron chi connectivity index (χ4n) is 4.18. The molecule has 0 bridgehead atoms. The summed E-state index contributed by atoms with van der Waals surface area (Å²) in [4.78, 5) is 3.89. The van der Waals surface area contributed by atoms with E-state index in [2.05, 4.69) is 15.5 Å². The van der Waals surface area contributed by atoms with Gasteiger partial charge in [-0.25, -0.2) is 4.98 Å². The molecule has 5 nitrogen and oxygen atoms in total. The van der Waals surface area contributed by atoms with Crippen LogP contribution in [-0.4, -0.2) is 22.4 Å². The summed E-state index contributed by atoms with van der Waals surface area (Å²) >= 11 is 0. The highest BCUT2D eigenvalue weighted by molar-refractivity contribution is 5.89. The number of hydrogen-bond donors (Lipinski definition) is 2. The third kappa shape index (κ3) is 4.42. The monoisotopic (exact) mass is 429 g/mol. The molecular formula is C23H22F3N3O2. The van der Waals surface area contributed by atoms with Gasteiger partial charge in [0, 0.05) is 23.1 Å². The van der Waals surface area contributed by atoms with Crippen LogP contribution in [0.5, 0.6) is 0 Å². The molecule has 0 atom stereocenters. The number of alkyl halides is 3. The van der Waals surface area contributed by atoms with Crippen molar-refractivity contribution in [2.45, 2.75) is 37.3 Å². The highest BCUT2D eigenvalue weighted by Crippen LogP contribution is 2.50. The molecule has 2 aromatic carbocycles. The van der Waals surface area contributed by atoms with E-state index >= 15 is 0 Å². The number of rotatable bonds is 7. The summed E-state index contributed by atoms with van der Waals surface area (Å²) in [5.41, 5.74) is 1.09. The van der Waals surface area contributed by atoms with E-state index in [0.717, 1.165) is 23.7 Å². The van der Waals surface area contributed by atoms with E-state index in [0.29, 0.717) is 24.3 Å². The van der Waals surface area contributed by atoms with Crippen LogP contribution in [0.2, 0.25) is 0 Å². The summed E-state index contributed by atoms with van der Waals surface area (Å²) < 4.78 is 45.9. The summed E-state index contributed by atoms with van der Waals surface area (Å²) in [6, 6.07) is 13.2. The van der Waals surface area contributed by atoms with Gasteiger partial charge in [0.2, 0.25) is 0 Å². The number of aromatic nitrogens is 1. The molecule has 0 spiro atoms. The largest absolute Gasteiger partial charge is 0.444 e. The molecule has 3 aromatic rings. The highest BCUT2D eigenvalue weighted by atomic mass is 19.4. The summed E-state index contributed by atoms with van der Waals surface area (Å²) in [7, 11) is 0. The molecule has 8 heteroatoms. The van der Waals surface area contributed by atoms with Crippen LogP contribution < -0.4 is 5.32 Å². The average molecular weight is 429 g/mol. The minimum Gasteiger partial charge on any atom is -0.444 e. The molecule has 2 N–H and O–H groups in total. The molecule has 31 heavy (non-hydrogen) atoms. The first kappa shape index (κ1) is 21.0. The van der Waals surface area contributed by atoms with Crippen molar-refractivity contribution in [1.82, 2.24) is 4.98 Å². The van der Waals surface area contributed by atoms with E-state index in [1.54, 1.807) is 18.3 Å². The van der Waals surface area contributed by atoms with Gasteiger partial charge in [-0.2, -0.15) is 13.2 Å². The fourth-order valence-corrected chi connectivity index (χ4v) is 4.18. The zero-order valence-corrected chi connectivity index (χ0v) is 16.7. The Morgan fingerprint density at radius 3 is 2.45 bits per heavy atom. The Kier molecular flexibility index (Phi) is 5.71. The number of oxazole rings is 1. The Labute approximate surface area is 177 Å². The Balaban J connectivity index is 1.46. The van der Waals surface area contributed by atoms with E-state index in [1.807, 2.05) is 24.3 Å². The lowest BCUT2D eigenvalue weighted by Crippen LogP contribution is -2.39. The predicted molar refractivity (Wildman–Crippen MR) is 111 cm³/mol. The number of anilines is 1. The van der Waals surface area contributed by atoms with Crippen molar-refractivity contribution in [3.8, 4) is 11.3 Å². The van der Waals surface area contributed by atoms with E-state index in [9.17, 15) is 18.4 Å². The number of nitrogens with one attached hydrogen (secondary N) is 1. The maximum atomic E-state index is 13.6. The van der Waals surface area contributed by atoms with Gasteiger partial charge in [-0.3, -0.25) is 0 Å². The van der Waals surface area contributed by atoms with Crippen LogP contribution >= 0.6 is 0 Å². The third-order valence-corrected chi connectivity index (χ3v) is 5.90. The topological polar surface area (TPSA) is 70.7 Å². The normalized spacial score (nSPS) is 16.0. The van der Waals surface area contributed by atoms with Crippen molar-refractivity contribution < 1.29 is 22.8 Å². The smallest absolute Gasteiger partial charge is 0.416 e. The Morgan fingerprint density at radius 1 is 1.13 bits per heavy atom. The van der Waals surface area contributed by atoms with Crippen LogP contribution in [0.1, 0.15) is 36.8 Å². The lowest BCUT2D eigenvalue weighted by atomic mass is 9.60. The van der Waals surface area contributed by atoms with Gasteiger partial charge in [0.1, 0.15) is 0 Å². The number of benzene rings is 2. The summed E-state index contributed by atoms with van der Waals surface area (Å²) in [5, 5.41) is 16.1. The number of nitrogens with zero attached hydrogens (tertiary/aromatic N) is 2. The lowest BCUT2D eigenvalue weighted by molar-refractivity contribution is -0.139. The second kappa shape index (κ2) is 8.45. The quantitative estimate of drug-likeness (QED) is 0.270. The molecule has 1 aliphatic rings. The molecule has 0 unspecified atom stereocenters. The molecule has 0 saturated heterocycles. The Bertz CT molecular complexity index is 1040. The van der Waals surface area contributed by atoms with Crippen molar-refractivity contribution in [3.63, 3.8) is 0 Å². The van der Waals surface area contributed by atoms with E-state index in [4.69, 9.17) is 4.42 Å². The van der Waals surface area contributed by atoms with Gasteiger partial charge in [0.15, 0.2) is 12.2 Å². The second-order valence-electron chi connectivity index (χ2n) is 7.82. The molecule has 4 rings (SSSR count). The van der Waals surface area contributed by atoms with Crippen LogP contribution in [0.25, 0.3) is 11.3 Å². The molecule has 0 aliphatic heterocycles. The van der Waals surface area contributed by atoms with Gasteiger partial charge in [-0.1, -0.05) is 29.8 Å². The average Bonchev–Trinajstić information content (AvgIpc) is 3.28. The maximum absolute atomic E-state index is 13.6. The van der Waals surface area contributed by atoms with Gasteiger partial charge >= 0.3 is 6.18 Å². The van der Waals surface area contributed by atoms with Gasteiger partial charge in [-0.05, 0) is 48.7 Å². The Hall–Kier alpha value is -3.29. The van der Waals surface area contributed by atoms with E-state index in [1.165, 1.54) is 12.5 Å². The standard InChI is InChI=1S/C23H22F3N3O2/c24-23(25,26)20-5-2-1-4-19(20)22(10-3-11-22)12-18(29-30)13-28-17-8-6-16(7-9-17)21-14-27-15-31-21/h1-2,4-9,14-15,28,30H,3,10-13H2/b29-18-. The number of oxime groups is 1. The van der Waals surface area contributed by atoms with Crippen molar-refractivity contribution in [2.75, 3.05) is 11.9 Å². The van der Waals surface area contributed by atoms with Gasteiger partial charge in [0.05, 0.1) is 24.0 Å². The minimum absolute atomic E-state index is 0.230. The van der Waals surface area contributed by atoms with Gasteiger partial charge in [0.25, 0.3) is 0 Å². The molecule has 0 radical (unpaired) electrons. The lowest BCUT2D eigenvalue weighted by Gasteiger charge is -2.44.